The number of aromatic nitrogens is 5. The van der Waals surface area contributed by atoms with Crippen LogP contribution in [0.1, 0.15) is 18.2 Å². The summed E-state index contributed by atoms with van der Waals surface area (Å²) in [6, 6.07) is 7.39. The van der Waals surface area contributed by atoms with E-state index in [0.29, 0.717) is 29.9 Å². The molecule has 10 heteroatoms. The fraction of sp³-hybridized carbons (Fsp3) is 0.176. The summed E-state index contributed by atoms with van der Waals surface area (Å²) in [4.78, 5) is 25.4. The van der Waals surface area contributed by atoms with Crippen molar-refractivity contribution in [3.05, 3.63) is 53.8 Å². The molecule has 0 saturated heterocycles. The molecule has 0 fully saturated rings. The topological polar surface area (TPSA) is 120 Å². The number of carbonyl (C=O) groups excluding carboxylic acids is 1. The van der Waals surface area contributed by atoms with E-state index in [1.807, 2.05) is 17.5 Å². The first-order valence-electron chi connectivity index (χ1n) is 8.14. The van der Waals surface area contributed by atoms with Crippen LogP contribution in [0.4, 0.5) is 0 Å². The predicted molar refractivity (Wildman–Crippen MR) is 95.3 cm³/mol. The van der Waals surface area contributed by atoms with Crippen molar-refractivity contribution in [1.82, 2.24) is 30.6 Å². The van der Waals surface area contributed by atoms with Gasteiger partial charge < -0.3 is 14.4 Å². The molecular weight excluding hydrogens is 368 g/mol. The normalized spacial score (nSPS) is 10.8. The number of nitrogens with zero attached hydrogens (tertiary/aromatic N) is 5. The average molecular weight is 382 g/mol. The van der Waals surface area contributed by atoms with Crippen LogP contribution in [0.25, 0.3) is 22.1 Å². The number of pyridine rings is 1. The van der Waals surface area contributed by atoms with Gasteiger partial charge in [0.15, 0.2) is 0 Å². The van der Waals surface area contributed by atoms with Crippen molar-refractivity contribution in [3.8, 4) is 22.1 Å². The van der Waals surface area contributed by atoms with Crippen molar-refractivity contribution in [2.24, 2.45) is 0 Å². The van der Waals surface area contributed by atoms with Crippen LogP contribution in [-0.4, -0.2) is 31.2 Å². The first-order chi connectivity index (χ1) is 13.3. The highest BCUT2D eigenvalue weighted by molar-refractivity contribution is 7.13. The molecule has 1 amide bonds. The number of hydrogen-bond donors (Lipinski definition) is 1. The lowest BCUT2D eigenvalue weighted by Crippen LogP contribution is -2.23. The number of amides is 1. The number of nitrogens with one attached hydrogen (secondary N) is 1. The first kappa shape index (κ1) is 17.0. The molecule has 1 N–H and O–H groups in total. The monoisotopic (exact) mass is 382 g/mol. The molecule has 0 radical (unpaired) electrons. The van der Waals surface area contributed by atoms with Crippen LogP contribution in [0, 0.1) is 0 Å². The lowest BCUT2D eigenvalue weighted by Gasteiger charge is -1.99. The summed E-state index contributed by atoms with van der Waals surface area (Å²) in [7, 11) is 0. The molecule has 136 valence electrons. The Balaban J connectivity index is 1.26. The summed E-state index contributed by atoms with van der Waals surface area (Å²) in [5.41, 5.74) is 0.796. The van der Waals surface area contributed by atoms with E-state index >= 15 is 0 Å². The minimum atomic E-state index is -0.172. The van der Waals surface area contributed by atoms with E-state index < -0.39 is 0 Å². The van der Waals surface area contributed by atoms with E-state index in [-0.39, 0.29) is 18.9 Å². The van der Waals surface area contributed by atoms with E-state index in [4.69, 9.17) is 9.05 Å². The van der Waals surface area contributed by atoms with Gasteiger partial charge in [-0.25, -0.2) is 0 Å². The van der Waals surface area contributed by atoms with Gasteiger partial charge in [-0.2, -0.15) is 9.97 Å². The molecule has 27 heavy (non-hydrogen) atoms. The van der Waals surface area contributed by atoms with Crippen LogP contribution in [0.2, 0.25) is 0 Å². The van der Waals surface area contributed by atoms with Gasteiger partial charge in [0, 0.05) is 30.8 Å². The van der Waals surface area contributed by atoms with Crippen molar-refractivity contribution in [2.75, 3.05) is 0 Å². The molecule has 4 rings (SSSR count). The molecule has 0 aliphatic rings. The quantitative estimate of drug-likeness (QED) is 0.518. The van der Waals surface area contributed by atoms with Crippen molar-refractivity contribution in [3.63, 3.8) is 0 Å². The van der Waals surface area contributed by atoms with Crippen LogP contribution >= 0.6 is 11.3 Å². The van der Waals surface area contributed by atoms with Gasteiger partial charge in [-0.15, -0.1) is 11.3 Å². The number of rotatable bonds is 7. The van der Waals surface area contributed by atoms with Crippen LogP contribution in [0.15, 0.2) is 51.1 Å². The maximum Gasteiger partial charge on any atom is 0.246 e. The van der Waals surface area contributed by atoms with Crippen molar-refractivity contribution >= 4 is 17.2 Å². The van der Waals surface area contributed by atoms with E-state index in [2.05, 4.69) is 30.6 Å². The van der Waals surface area contributed by atoms with Gasteiger partial charge in [0.05, 0.1) is 11.4 Å². The molecule has 4 aromatic heterocycles. The average Bonchev–Trinajstić information content (AvgIpc) is 3.47. The Morgan fingerprint density at radius 2 is 1.81 bits per heavy atom. The molecular formula is C17H14N6O3S. The van der Waals surface area contributed by atoms with Gasteiger partial charge in [-0.05, 0) is 23.6 Å². The van der Waals surface area contributed by atoms with Crippen LogP contribution in [0.3, 0.4) is 0 Å². The third-order valence-electron chi connectivity index (χ3n) is 3.62. The summed E-state index contributed by atoms with van der Waals surface area (Å²) in [5, 5.41) is 12.5. The summed E-state index contributed by atoms with van der Waals surface area (Å²) < 4.78 is 10.3. The fourth-order valence-corrected chi connectivity index (χ4v) is 2.94. The molecule has 4 aromatic rings. The maximum atomic E-state index is 12.0. The summed E-state index contributed by atoms with van der Waals surface area (Å²) in [6.45, 7) is 0.154. The largest absolute Gasteiger partial charge is 0.347 e. The molecule has 0 aromatic carbocycles. The molecule has 0 atom stereocenters. The number of carbonyl (C=O) groups is 1. The molecule has 0 unspecified atom stereocenters. The van der Waals surface area contributed by atoms with Crippen molar-refractivity contribution in [2.45, 2.75) is 19.4 Å². The molecule has 0 aliphatic carbocycles. The zero-order chi connectivity index (χ0) is 18.5. The van der Waals surface area contributed by atoms with E-state index in [1.165, 1.54) is 11.3 Å². The fourth-order valence-electron chi connectivity index (χ4n) is 2.29. The van der Waals surface area contributed by atoms with Gasteiger partial charge in [0.1, 0.15) is 0 Å². The Bertz CT molecular complexity index is 1010. The highest BCUT2D eigenvalue weighted by Crippen LogP contribution is 2.21. The van der Waals surface area contributed by atoms with Crippen molar-refractivity contribution in [1.29, 1.82) is 0 Å². The molecule has 0 aliphatic heterocycles. The number of thiophene rings is 1. The minimum Gasteiger partial charge on any atom is -0.347 e. The Kier molecular flexibility index (Phi) is 4.97. The zero-order valence-electron chi connectivity index (χ0n) is 14.0. The molecule has 0 saturated carbocycles. The van der Waals surface area contributed by atoms with Gasteiger partial charge in [0.25, 0.3) is 0 Å². The lowest BCUT2D eigenvalue weighted by molar-refractivity contribution is -0.121. The Labute approximate surface area is 157 Å². The zero-order valence-corrected chi connectivity index (χ0v) is 14.8. The number of hydrogen-bond acceptors (Lipinski definition) is 9. The first-order valence-corrected chi connectivity index (χ1v) is 9.02. The molecule has 4 heterocycles. The lowest BCUT2D eigenvalue weighted by atomic mass is 10.2. The van der Waals surface area contributed by atoms with Crippen LogP contribution < -0.4 is 5.32 Å². The second-order valence-corrected chi connectivity index (χ2v) is 6.46. The predicted octanol–water partition coefficient (Wildman–Crippen LogP) is 2.49. The SMILES string of the molecule is O=C(CCc1nc(-c2cccs2)no1)NCc1nc(-c2ccncc2)no1. The second kappa shape index (κ2) is 7.87. The highest BCUT2D eigenvalue weighted by atomic mass is 32.1. The van der Waals surface area contributed by atoms with Crippen LogP contribution in [-0.2, 0) is 17.8 Å². The minimum absolute atomic E-state index is 0.154. The van der Waals surface area contributed by atoms with Crippen LogP contribution in [0.5, 0.6) is 0 Å². The van der Waals surface area contributed by atoms with Gasteiger partial charge in [-0.1, -0.05) is 16.4 Å². The van der Waals surface area contributed by atoms with E-state index in [0.717, 1.165) is 10.4 Å². The Hall–Kier alpha value is -3.40. The number of aryl methyl sites for hydroxylation is 1. The third kappa shape index (κ3) is 4.23. The summed E-state index contributed by atoms with van der Waals surface area (Å²) in [5.74, 6) is 1.57. The Morgan fingerprint density at radius 1 is 1.04 bits per heavy atom. The van der Waals surface area contributed by atoms with E-state index in [9.17, 15) is 4.79 Å². The van der Waals surface area contributed by atoms with Gasteiger partial charge in [-0.3, -0.25) is 9.78 Å². The third-order valence-corrected chi connectivity index (χ3v) is 4.48. The van der Waals surface area contributed by atoms with Crippen molar-refractivity contribution < 1.29 is 13.8 Å². The molecule has 0 spiro atoms. The molecule has 0 bridgehead atoms. The highest BCUT2D eigenvalue weighted by Gasteiger charge is 2.13. The smallest absolute Gasteiger partial charge is 0.246 e. The Morgan fingerprint density at radius 3 is 2.63 bits per heavy atom. The van der Waals surface area contributed by atoms with Gasteiger partial charge in [0.2, 0.25) is 29.3 Å². The van der Waals surface area contributed by atoms with E-state index in [1.54, 1.807) is 24.5 Å². The second-order valence-electron chi connectivity index (χ2n) is 5.51. The molecule has 9 nitrogen and oxygen atoms in total. The van der Waals surface area contributed by atoms with Gasteiger partial charge >= 0.3 is 0 Å². The summed E-state index contributed by atoms with van der Waals surface area (Å²) in [6.07, 6.45) is 3.87. The standard InChI is InChI=1S/C17H14N6O3S/c24-13(3-4-14-20-17(23-25-14)12-2-1-9-27-12)19-10-15-21-16(22-26-15)11-5-7-18-8-6-11/h1-2,5-9H,3-4,10H2,(H,19,24). The summed E-state index contributed by atoms with van der Waals surface area (Å²) >= 11 is 1.53. The maximum absolute atomic E-state index is 12.0.